The Hall–Kier alpha value is -0.570. The highest BCUT2D eigenvalue weighted by molar-refractivity contribution is 5.78. The summed E-state index contributed by atoms with van der Waals surface area (Å²) in [5, 5.41) is 12.2. The molecule has 1 aliphatic rings. The second-order valence-electron chi connectivity index (χ2n) is 5.12. The molecule has 1 atom stereocenters. The van der Waals surface area contributed by atoms with Crippen molar-refractivity contribution in [3.8, 4) is 0 Å². The molecule has 0 saturated heterocycles. The summed E-state index contributed by atoms with van der Waals surface area (Å²) in [5.41, 5.74) is 0.0265. The maximum atomic E-state index is 11.9. The highest BCUT2D eigenvalue weighted by atomic mass is 16.3. The molecule has 0 heterocycles. The van der Waals surface area contributed by atoms with Crippen molar-refractivity contribution in [2.24, 2.45) is 11.3 Å². The van der Waals surface area contributed by atoms with E-state index in [9.17, 15) is 4.79 Å². The second kappa shape index (κ2) is 6.24. The van der Waals surface area contributed by atoms with Gasteiger partial charge in [0.15, 0.2) is 0 Å². The number of rotatable bonds is 8. The predicted octanol–water partition coefficient (Wildman–Crippen LogP) is 2.09. The first kappa shape index (κ1) is 13.5. The van der Waals surface area contributed by atoms with Gasteiger partial charge in [0.2, 0.25) is 5.91 Å². The Morgan fingerprint density at radius 2 is 2.12 bits per heavy atom. The van der Waals surface area contributed by atoms with Crippen LogP contribution < -0.4 is 5.32 Å². The van der Waals surface area contributed by atoms with E-state index >= 15 is 0 Å². The van der Waals surface area contributed by atoms with Crippen molar-refractivity contribution in [1.29, 1.82) is 0 Å². The van der Waals surface area contributed by atoms with Gasteiger partial charge in [0, 0.05) is 17.9 Å². The minimum atomic E-state index is 0.0265. The van der Waals surface area contributed by atoms with Crippen LogP contribution in [0.15, 0.2) is 0 Å². The lowest BCUT2D eigenvalue weighted by molar-refractivity contribution is -0.125. The van der Waals surface area contributed by atoms with Gasteiger partial charge in [0.25, 0.3) is 0 Å². The van der Waals surface area contributed by atoms with E-state index in [2.05, 4.69) is 19.2 Å². The lowest BCUT2D eigenvalue weighted by Crippen LogP contribution is -2.36. The molecule has 1 rings (SSSR count). The molecule has 0 spiro atoms. The van der Waals surface area contributed by atoms with Gasteiger partial charge in [-0.1, -0.05) is 26.7 Å². The zero-order valence-corrected chi connectivity index (χ0v) is 10.6. The van der Waals surface area contributed by atoms with Gasteiger partial charge in [0.1, 0.15) is 0 Å². The van der Waals surface area contributed by atoms with Crippen LogP contribution >= 0.6 is 0 Å². The van der Waals surface area contributed by atoms with Gasteiger partial charge < -0.3 is 10.4 Å². The molecule has 1 saturated carbocycles. The Bertz CT molecular complexity index is 224. The molecular weight excluding hydrogens is 202 g/mol. The molecule has 94 valence electrons. The van der Waals surface area contributed by atoms with Gasteiger partial charge in [-0.05, 0) is 25.7 Å². The van der Waals surface area contributed by atoms with Gasteiger partial charge in [0.05, 0.1) is 6.61 Å². The fourth-order valence-corrected chi connectivity index (χ4v) is 1.96. The number of nitrogens with one attached hydrogen (secondary N) is 1. The van der Waals surface area contributed by atoms with Crippen LogP contribution in [-0.4, -0.2) is 24.2 Å². The second-order valence-corrected chi connectivity index (χ2v) is 5.12. The Morgan fingerprint density at radius 1 is 1.44 bits per heavy atom. The van der Waals surface area contributed by atoms with Crippen LogP contribution in [0.5, 0.6) is 0 Å². The lowest BCUT2D eigenvalue weighted by Gasteiger charge is -2.17. The molecule has 0 aromatic carbocycles. The number of aliphatic hydroxyl groups is 1. The summed E-state index contributed by atoms with van der Waals surface area (Å²) in [5.74, 6) is 0.338. The Labute approximate surface area is 98.6 Å². The Kier molecular flexibility index (Phi) is 5.26. The van der Waals surface area contributed by atoms with Crippen LogP contribution in [0.2, 0.25) is 0 Å². The van der Waals surface area contributed by atoms with Gasteiger partial charge in [-0.25, -0.2) is 0 Å². The summed E-state index contributed by atoms with van der Waals surface area (Å²) in [6, 6.07) is 0. The number of hydrogen-bond acceptors (Lipinski definition) is 2. The van der Waals surface area contributed by atoms with Gasteiger partial charge in [-0.3, -0.25) is 4.79 Å². The first-order chi connectivity index (χ1) is 7.67. The maximum absolute atomic E-state index is 11.9. The van der Waals surface area contributed by atoms with Crippen molar-refractivity contribution < 1.29 is 9.90 Å². The fraction of sp³-hybridized carbons (Fsp3) is 0.923. The van der Waals surface area contributed by atoms with E-state index in [1.54, 1.807) is 0 Å². The van der Waals surface area contributed by atoms with Crippen molar-refractivity contribution in [3.05, 3.63) is 0 Å². The summed E-state index contributed by atoms with van der Waals surface area (Å²) in [4.78, 5) is 11.9. The highest BCUT2D eigenvalue weighted by Gasteiger charge is 2.42. The largest absolute Gasteiger partial charge is 0.396 e. The Morgan fingerprint density at radius 3 is 2.56 bits per heavy atom. The van der Waals surface area contributed by atoms with Crippen LogP contribution in [0.4, 0.5) is 0 Å². The number of carbonyl (C=O) groups is 1. The average Bonchev–Trinajstić information content (AvgIpc) is 3.08. The molecule has 1 fully saturated rings. The van der Waals surface area contributed by atoms with Crippen LogP contribution in [0.1, 0.15) is 52.4 Å². The van der Waals surface area contributed by atoms with Crippen molar-refractivity contribution in [2.45, 2.75) is 52.4 Å². The molecule has 1 unspecified atom stereocenters. The standard InChI is InChI=1S/C13H25NO2/c1-3-5-6-11(4-2)12(16)14-9-13(10-15)7-8-13/h11,15H,3-10H2,1-2H3,(H,14,16). The molecule has 0 aromatic heterocycles. The number of amides is 1. The predicted molar refractivity (Wildman–Crippen MR) is 65.1 cm³/mol. The van der Waals surface area contributed by atoms with E-state index in [-0.39, 0.29) is 23.8 Å². The van der Waals surface area contributed by atoms with E-state index in [0.29, 0.717) is 6.54 Å². The number of aliphatic hydroxyl groups excluding tert-OH is 1. The monoisotopic (exact) mass is 227 g/mol. The lowest BCUT2D eigenvalue weighted by atomic mass is 9.98. The van der Waals surface area contributed by atoms with E-state index in [1.165, 1.54) is 0 Å². The third-order valence-electron chi connectivity index (χ3n) is 3.70. The van der Waals surface area contributed by atoms with Crippen molar-refractivity contribution in [2.75, 3.05) is 13.2 Å². The zero-order valence-electron chi connectivity index (χ0n) is 10.6. The molecule has 16 heavy (non-hydrogen) atoms. The summed E-state index contributed by atoms with van der Waals surface area (Å²) in [6.45, 7) is 5.08. The molecule has 0 aromatic rings. The van der Waals surface area contributed by atoms with Crippen molar-refractivity contribution in [3.63, 3.8) is 0 Å². The first-order valence-corrected chi connectivity index (χ1v) is 6.56. The minimum absolute atomic E-state index is 0.0265. The van der Waals surface area contributed by atoms with Crippen LogP contribution in [0, 0.1) is 11.3 Å². The average molecular weight is 227 g/mol. The van der Waals surface area contributed by atoms with Gasteiger partial charge in [-0.15, -0.1) is 0 Å². The van der Waals surface area contributed by atoms with Crippen molar-refractivity contribution in [1.82, 2.24) is 5.32 Å². The van der Waals surface area contributed by atoms with Gasteiger partial charge in [-0.2, -0.15) is 0 Å². The molecule has 0 aliphatic heterocycles. The minimum Gasteiger partial charge on any atom is -0.396 e. The number of hydrogen-bond donors (Lipinski definition) is 2. The summed E-state index contributed by atoms with van der Waals surface area (Å²) in [7, 11) is 0. The summed E-state index contributed by atoms with van der Waals surface area (Å²) >= 11 is 0. The van der Waals surface area contributed by atoms with Gasteiger partial charge >= 0.3 is 0 Å². The maximum Gasteiger partial charge on any atom is 0.223 e. The molecule has 0 radical (unpaired) electrons. The van der Waals surface area contributed by atoms with E-state index in [0.717, 1.165) is 38.5 Å². The molecule has 0 bridgehead atoms. The third-order valence-corrected chi connectivity index (χ3v) is 3.70. The fourth-order valence-electron chi connectivity index (χ4n) is 1.96. The SMILES string of the molecule is CCCCC(CC)C(=O)NCC1(CO)CC1. The number of unbranched alkanes of at least 4 members (excludes halogenated alkanes) is 1. The van der Waals surface area contributed by atoms with Crippen LogP contribution in [0.25, 0.3) is 0 Å². The summed E-state index contributed by atoms with van der Waals surface area (Å²) in [6.07, 6.45) is 6.27. The molecule has 1 amide bonds. The molecular formula is C13H25NO2. The normalized spacial score (nSPS) is 19.2. The first-order valence-electron chi connectivity index (χ1n) is 6.56. The molecule has 1 aliphatic carbocycles. The van der Waals surface area contributed by atoms with E-state index < -0.39 is 0 Å². The zero-order chi connectivity index (χ0) is 12.0. The Balaban J connectivity index is 2.26. The molecule has 3 heteroatoms. The van der Waals surface area contributed by atoms with Crippen LogP contribution in [0.3, 0.4) is 0 Å². The molecule has 2 N–H and O–H groups in total. The van der Waals surface area contributed by atoms with E-state index in [1.807, 2.05) is 0 Å². The van der Waals surface area contributed by atoms with Crippen LogP contribution in [-0.2, 0) is 4.79 Å². The third kappa shape index (κ3) is 3.78. The van der Waals surface area contributed by atoms with Crippen molar-refractivity contribution >= 4 is 5.91 Å². The quantitative estimate of drug-likeness (QED) is 0.667. The number of carbonyl (C=O) groups excluding carboxylic acids is 1. The molecule has 3 nitrogen and oxygen atoms in total. The van der Waals surface area contributed by atoms with E-state index in [4.69, 9.17) is 5.11 Å². The smallest absolute Gasteiger partial charge is 0.223 e. The highest BCUT2D eigenvalue weighted by Crippen LogP contribution is 2.44. The summed E-state index contributed by atoms with van der Waals surface area (Å²) < 4.78 is 0. The topological polar surface area (TPSA) is 49.3 Å².